The molecule has 0 amide bonds. The van der Waals surface area contributed by atoms with Gasteiger partial charge >= 0.3 is 5.56 Å². The van der Waals surface area contributed by atoms with E-state index in [-0.39, 0.29) is 17.4 Å². The second kappa shape index (κ2) is 9.38. The minimum Gasteiger partial charge on any atom is -0.483 e. The van der Waals surface area contributed by atoms with Crippen LogP contribution in [-0.4, -0.2) is 73.2 Å². The minimum atomic E-state index is -3.47. The number of benzene rings is 1. The first-order valence-corrected chi connectivity index (χ1v) is 12.5. The molecule has 4 rings (SSSR count). The number of hydrogen-bond donors (Lipinski definition) is 0. The smallest absolute Gasteiger partial charge is 0.316 e. The zero-order chi connectivity index (χ0) is 22.9. The Labute approximate surface area is 193 Å². The molecule has 0 spiro atoms. The lowest BCUT2D eigenvalue weighted by molar-refractivity contribution is 0.205. The predicted molar refractivity (Wildman–Crippen MR) is 124 cm³/mol. The molecule has 1 aliphatic heterocycles. The quantitative estimate of drug-likeness (QED) is 0.628. The second-order valence-corrected chi connectivity index (χ2v) is 10.8. The molecule has 1 saturated carbocycles. The maximum atomic E-state index is 13.4. The van der Waals surface area contributed by atoms with Gasteiger partial charge in [-0.15, -0.1) is 0 Å². The Morgan fingerprint density at radius 2 is 1.81 bits per heavy atom. The van der Waals surface area contributed by atoms with E-state index >= 15 is 0 Å². The van der Waals surface area contributed by atoms with E-state index < -0.39 is 10.2 Å². The van der Waals surface area contributed by atoms with Gasteiger partial charge in [-0.05, 0) is 43.9 Å². The van der Waals surface area contributed by atoms with Crippen LogP contribution < -0.4 is 15.2 Å². The normalized spacial score (nSPS) is 18.4. The molecular weight excluding hydrogens is 454 g/mol. The fraction of sp³-hybridized carbons (Fsp3) is 0.524. The number of anilines is 1. The summed E-state index contributed by atoms with van der Waals surface area (Å²) < 4.78 is 35.1. The van der Waals surface area contributed by atoms with Gasteiger partial charge < -0.3 is 9.64 Å². The summed E-state index contributed by atoms with van der Waals surface area (Å²) in [5.41, 5.74) is 0.814. The first-order chi connectivity index (χ1) is 15.3. The van der Waals surface area contributed by atoms with Crippen LogP contribution in [0.5, 0.6) is 5.75 Å². The largest absolute Gasteiger partial charge is 0.483 e. The maximum absolute atomic E-state index is 13.4. The van der Waals surface area contributed by atoms with Crippen LogP contribution in [0, 0.1) is 0 Å². The fourth-order valence-corrected chi connectivity index (χ4v) is 5.39. The first kappa shape index (κ1) is 23.0. The number of rotatable bonds is 6. The Morgan fingerprint density at radius 1 is 1.12 bits per heavy atom. The van der Waals surface area contributed by atoms with Crippen molar-refractivity contribution in [2.24, 2.45) is 0 Å². The van der Waals surface area contributed by atoms with E-state index in [1.165, 1.54) is 27.4 Å². The molecule has 2 heterocycles. The van der Waals surface area contributed by atoms with Gasteiger partial charge in [-0.25, -0.2) is 0 Å². The highest BCUT2D eigenvalue weighted by atomic mass is 35.5. The summed E-state index contributed by atoms with van der Waals surface area (Å²) in [6, 6.07) is 6.95. The van der Waals surface area contributed by atoms with Crippen molar-refractivity contribution in [3.8, 4) is 11.4 Å². The first-order valence-electron chi connectivity index (χ1n) is 10.7. The fourth-order valence-electron chi connectivity index (χ4n) is 4.12. The van der Waals surface area contributed by atoms with E-state index in [1.807, 2.05) is 4.90 Å². The second-order valence-electron chi connectivity index (χ2n) is 8.26. The monoisotopic (exact) mass is 481 g/mol. The van der Waals surface area contributed by atoms with Crippen LogP contribution >= 0.6 is 11.6 Å². The predicted octanol–water partition coefficient (Wildman–Crippen LogP) is 2.14. The van der Waals surface area contributed by atoms with Gasteiger partial charge in [-0.3, -0.25) is 4.79 Å². The Balaban J connectivity index is 1.66. The molecular formula is C21H28ClN5O4S. The lowest BCUT2D eigenvalue weighted by Crippen LogP contribution is -2.52. The topological polar surface area (TPSA) is 88.0 Å². The van der Waals surface area contributed by atoms with Crippen molar-refractivity contribution in [2.45, 2.75) is 31.8 Å². The Hall–Kier alpha value is -2.14. The Bertz CT molecular complexity index is 1120. The van der Waals surface area contributed by atoms with Crippen LogP contribution in [0.1, 0.15) is 25.7 Å². The van der Waals surface area contributed by atoms with Gasteiger partial charge in [-0.1, -0.05) is 17.7 Å². The van der Waals surface area contributed by atoms with E-state index in [0.717, 1.165) is 25.7 Å². The summed E-state index contributed by atoms with van der Waals surface area (Å²) in [5.74, 6) is 0.260. The van der Waals surface area contributed by atoms with Gasteiger partial charge in [0.05, 0.1) is 18.0 Å². The van der Waals surface area contributed by atoms with Crippen molar-refractivity contribution >= 4 is 27.5 Å². The summed E-state index contributed by atoms with van der Waals surface area (Å²) in [4.78, 5) is 15.4. The van der Waals surface area contributed by atoms with E-state index in [2.05, 4.69) is 5.10 Å². The highest BCUT2D eigenvalue weighted by Crippen LogP contribution is 2.30. The molecule has 0 atom stereocenters. The van der Waals surface area contributed by atoms with Crippen LogP contribution in [-0.2, 0) is 10.2 Å². The van der Waals surface area contributed by atoms with Crippen molar-refractivity contribution in [1.29, 1.82) is 0 Å². The third kappa shape index (κ3) is 4.63. The standard InChI is InChI=1S/C21H28ClN5O4S/c1-24(2)32(29,30)26-12-10-25(11-13-26)19-15-23-27(17-7-5-6-16(22)14-17)21(28)20(19)31-18-8-3-4-9-18/h5-7,14-15,18H,3-4,8-13H2,1-2H3. The van der Waals surface area contributed by atoms with E-state index in [9.17, 15) is 13.2 Å². The number of halogens is 1. The summed E-state index contributed by atoms with van der Waals surface area (Å²) in [7, 11) is -0.430. The molecule has 0 bridgehead atoms. The van der Waals surface area contributed by atoms with Crippen molar-refractivity contribution in [3.05, 3.63) is 45.8 Å². The molecule has 2 fully saturated rings. The van der Waals surface area contributed by atoms with Gasteiger partial charge in [-0.2, -0.15) is 26.8 Å². The number of nitrogens with zero attached hydrogens (tertiary/aromatic N) is 5. The third-order valence-electron chi connectivity index (χ3n) is 5.92. The molecule has 0 unspecified atom stereocenters. The van der Waals surface area contributed by atoms with Crippen molar-refractivity contribution in [3.63, 3.8) is 0 Å². The van der Waals surface area contributed by atoms with E-state index in [4.69, 9.17) is 16.3 Å². The summed E-state index contributed by atoms with van der Waals surface area (Å²) in [6.45, 7) is 1.52. The summed E-state index contributed by atoms with van der Waals surface area (Å²) >= 11 is 6.11. The van der Waals surface area contributed by atoms with Crippen LogP contribution in [0.2, 0.25) is 5.02 Å². The number of aromatic nitrogens is 2. The van der Waals surface area contributed by atoms with E-state index in [1.54, 1.807) is 30.5 Å². The zero-order valence-electron chi connectivity index (χ0n) is 18.3. The molecule has 0 radical (unpaired) electrons. The molecule has 1 saturated heterocycles. The molecule has 0 N–H and O–H groups in total. The van der Waals surface area contributed by atoms with Crippen LogP contribution in [0.15, 0.2) is 35.3 Å². The van der Waals surface area contributed by atoms with Crippen molar-refractivity contribution in [1.82, 2.24) is 18.4 Å². The van der Waals surface area contributed by atoms with Crippen LogP contribution in [0.25, 0.3) is 5.69 Å². The Morgan fingerprint density at radius 3 is 2.44 bits per heavy atom. The summed E-state index contributed by atoms with van der Waals surface area (Å²) in [6.07, 6.45) is 5.60. The lowest BCUT2D eigenvalue weighted by atomic mass is 10.2. The van der Waals surface area contributed by atoms with E-state index in [0.29, 0.717) is 42.6 Å². The van der Waals surface area contributed by atoms with Gasteiger partial charge in [0.15, 0.2) is 0 Å². The number of piperazine rings is 1. The van der Waals surface area contributed by atoms with Gasteiger partial charge in [0.25, 0.3) is 10.2 Å². The molecule has 2 aliphatic rings. The summed E-state index contributed by atoms with van der Waals surface area (Å²) in [5, 5.41) is 4.89. The molecule has 174 valence electrons. The average Bonchev–Trinajstić information content (AvgIpc) is 3.28. The van der Waals surface area contributed by atoms with Gasteiger partial charge in [0, 0.05) is 45.3 Å². The number of hydrogen-bond acceptors (Lipinski definition) is 6. The van der Waals surface area contributed by atoms with Gasteiger partial charge in [0.2, 0.25) is 5.75 Å². The van der Waals surface area contributed by atoms with Crippen molar-refractivity contribution < 1.29 is 13.2 Å². The molecule has 9 nitrogen and oxygen atoms in total. The van der Waals surface area contributed by atoms with Crippen LogP contribution in [0.3, 0.4) is 0 Å². The molecule has 11 heteroatoms. The SMILES string of the molecule is CN(C)S(=O)(=O)N1CCN(c2cnn(-c3cccc(Cl)c3)c(=O)c2OC2CCCC2)CC1. The minimum absolute atomic E-state index is 0.00734. The zero-order valence-corrected chi connectivity index (χ0v) is 19.8. The molecule has 1 aromatic carbocycles. The maximum Gasteiger partial charge on any atom is 0.316 e. The van der Waals surface area contributed by atoms with Crippen LogP contribution in [0.4, 0.5) is 5.69 Å². The third-order valence-corrected chi connectivity index (χ3v) is 8.10. The average molecular weight is 482 g/mol. The van der Waals surface area contributed by atoms with Gasteiger partial charge in [0.1, 0.15) is 5.69 Å². The van der Waals surface area contributed by atoms with Crippen molar-refractivity contribution in [2.75, 3.05) is 45.2 Å². The Kier molecular flexibility index (Phi) is 6.75. The number of ether oxygens (including phenoxy) is 1. The highest BCUT2D eigenvalue weighted by molar-refractivity contribution is 7.86. The molecule has 1 aromatic heterocycles. The molecule has 32 heavy (non-hydrogen) atoms. The lowest BCUT2D eigenvalue weighted by Gasteiger charge is -2.36. The molecule has 1 aliphatic carbocycles. The molecule has 2 aromatic rings. The highest BCUT2D eigenvalue weighted by Gasteiger charge is 2.31.